The predicted octanol–water partition coefficient (Wildman–Crippen LogP) is 2.16. The molecule has 0 aliphatic rings. The molecule has 1 rings (SSSR count). The molecule has 1 aromatic rings. The number of aryl methyl sites for hydroxylation is 1. The van der Waals surface area contributed by atoms with Crippen molar-refractivity contribution < 1.29 is 5.11 Å². The third-order valence-electron chi connectivity index (χ3n) is 1.69. The van der Waals surface area contributed by atoms with Gasteiger partial charge in [0.15, 0.2) is 0 Å². The van der Waals surface area contributed by atoms with Crippen LogP contribution >= 0.6 is 15.9 Å². The van der Waals surface area contributed by atoms with E-state index in [-0.39, 0.29) is 6.10 Å². The van der Waals surface area contributed by atoms with E-state index in [1.165, 1.54) is 5.56 Å². The van der Waals surface area contributed by atoms with Crippen LogP contribution in [-0.2, 0) is 6.42 Å². The Morgan fingerprint density at radius 1 is 1.67 bits per heavy atom. The van der Waals surface area contributed by atoms with Gasteiger partial charge in [-0.15, -0.1) is 0 Å². The van der Waals surface area contributed by atoms with Gasteiger partial charge in [-0.2, -0.15) is 0 Å². The molecule has 1 atom stereocenters. The molecule has 0 fully saturated rings. The van der Waals surface area contributed by atoms with E-state index >= 15 is 0 Å². The summed E-state index contributed by atoms with van der Waals surface area (Å²) in [5, 5.41) is 9.07. The van der Waals surface area contributed by atoms with Crippen molar-refractivity contribution >= 4 is 15.9 Å². The average Bonchev–Trinajstić information content (AvgIpc) is 2.03. The summed E-state index contributed by atoms with van der Waals surface area (Å²) in [7, 11) is 0. The van der Waals surface area contributed by atoms with E-state index in [1.54, 1.807) is 19.3 Å². The SMILES string of the molecule is CC(O)CCc1ccncc1Br. The molecule has 3 heteroatoms. The first-order chi connectivity index (χ1) is 5.70. The highest BCUT2D eigenvalue weighted by atomic mass is 79.9. The molecule has 0 amide bonds. The Morgan fingerprint density at radius 2 is 2.42 bits per heavy atom. The lowest BCUT2D eigenvalue weighted by atomic mass is 10.1. The van der Waals surface area contributed by atoms with Gasteiger partial charge < -0.3 is 5.11 Å². The van der Waals surface area contributed by atoms with Crippen LogP contribution in [0.25, 0.3) is 0 Å². The lowest BCUT2D eigenvalue weighted by Gasteiger charge is -2.05. The maximum absolute atomic E-state index is 9.07. The van der Waals surface area contributed by atoms with Gasteiger partial charge in [0.1, 0.15) is 0 Å². The van der Waals surface area contributed by atoms with Gasteiger partial charge in [0.05, 0.1) is 6.10 Å². The maximum atomic E-state index is 9.07. The van der Waals surface area contributed by atoms with Crippen molar-refractivity contribution in [3.63, 3.8) is 0 Å². The van der Waals surface area contributed by atoms with Gasteiger partial charge >= 0.3 is 0 Å². The van der Waals surface area contributed by atoms with E-state index < -0.39 is 0 Å². The number of aliphatic hydroxyl groups excluding tert-OH is 1. The highest BCUT2D eigenvalue weighted by molar-refractivity contribution is 9.10. The Hall–Kier alpha value is -0.410. The standard InChI is InChI=1S/C9H12BrNO/c1-7(12)2-3-8-4-5-11-6-9(8)10/h4-7,12H,2-3H2,1H3. The van der Waals surface area contributed by atoms with Gasteiger partial charge in [-0.25, -0.2) is 0 Å². The van der Waals surface area contributed by atoms with Gasteiger partial charge in [0.25, 0.3) is 0 Å². The van der Waals surface area contributed by atoms with E-state index in [0.29, 0.717) is 0 Å². The fraction of sp³-hybridized carbons (Fsp3) is 0.444. The van der Waals surface area contributed by atoms with Gasteiger partial charge in [-0.05, 0) is 47.3 Å². The third kappa shape index (κ3) is 2.91. The zero-order valence-electron chi connectivity index (χ0n) is 7.00. The first-order valence-corrected chi connectivity index (χ1v) is 4.76. The normalized spacial score (nSPS) is 12.9. The second-order valence-electron chi connectivity index (χ2n) is 2.85. The summed E-state index contributed by atoms with van der Waals surface area (Å²) >= 11 is 3.40. The zero-order valence-corrected chi connectivity index (χ0v) is 8.58. The predicted molar refractivity (Wildman–Crippen MR) is 51.9 cm³/mol. The first-order valence-electron chi connectivity index (χ1n) is 3.96. The summed E-state index contributed by atoms with van der Waals surface area (Å²) < 4.78 is 1.02. The summed E-state index contributed by atoms with van der Waals surface area (Å²) in [6.45, 7) is 1.80. The fourth-order valence-corrected chi connectivity index (χ4v) is 1.42. The minimum Gasteiger partial charge on any atom is -0.393 e. The van der Waals surface area contributed by atoms with Gasteiger partial charge in [-0.1, -0.05) is 0 Å². The number of hydrogen-bond donors (Lipinski definition) is 1. The molecule has 0 saturated carbocycles. The maximum Gasteiger partial charge on any atom is 0.0515 e. The molecule has 12 heavy (non-hydrogen) atoms. The molecule has 1 aromatic heterocycles. The Morgan fingerprint density at radius 3 is 3.00 bits per heavy atom. The molecule has 1 N–H and O–H groups in total. The van der Waals surface area contributed by atoms with E-state index in [0.717, 1.165) is 17.3 Å². The van der Waals surface area contributed by atoms with Crippen LogP contribution in [0.4, 0.5) is 0 Å². The van der Waals surface area contributed by atoms with Crippen molar-refractivity contribution in [3.8, 4) is 0 Å². The second kappa shape index (κ2) is 4.58. The minimum atomic E-state index is -0.231. The van der Waals surface area contributed by atoms with E-state index in [9.17, 15) is 0 Å². The fourth-order valence-electron chi connectivity index (χ4n) is 0.971. The smallest absolute Gasteiger partial charge is 0.0515 e. The molecule has 1 unspecified atom stereocenters. The molecular formula is C9H12BrNO. The monoisotopic (exact) mass is 229 g/mol. The summed E-state index contributed by atoms with van der Waals surface area (Å²) in [4.78, 5) is 3.96. The molecule has 0 aromatic carbocycles. The quantitative estimate of drug-likeness (QED) is 0.863. The van der Waals surface area contributed by atoms with Gasteiger partial charge in [0, 0.05) is 16.9 Å². The number of aliphatic hydroxyl groups is 1. The molecule has 2 nitrogen and oxygen atoms in total. The Kier molecular flexibility index (Phi) is 3.69. The van der Waals surface area contributed by atoms with Crippen LogP contribution in [0.15, 0.2) is 22.9 Å². The van der Waals surface area contributed by atoms with E-state index in [4.69, 9.17) is 5.11 Å². The van der Waals surface area contributed by atoms with Crippen LogP contribution in [0.2, 0.25) is 0 Å². The molecular weight excluding hydrogens is 218 g/mol. The van der Waals surface area contributed by atoms with Crippen LogP contribution in [0.3, 0.4) is 0 Å². The highest BCUT2D eigenvalue weighted by Gasteiger charge is 2.01. The van der Waals surface area contributed by atoms with Crippen molar-refractivity contribution in [3.05, 3.63) is 28.5 Å². The summed E-state index contributed by atoms with van der Waals surface area (Å²) in [5.74, 6) is 0. The average molecular weight is 230 g/mol. The van der Waals surface area contributed by atoms with Gasteiger partial charge in [0.2, 0.25) is 0 Å². The number of hydrogen-bond acceptors (Lipinski definition) is 2. The van der Waals surface area contributed by atoms with Crippen LogP contribution in [0.1, 0.15) is 18.9 Å². The molecule has 0 aliphatic heterocycles. The summed E-state index contributed by atoms with van der Waals surface area (Å²) in [6, 6.07) is 1.96. The first kappa shape index (κ1) is 9.68. The van der Waals surface area contributed by atoms with Crippen LogP contribution in [0, 0.1) is 0 Å². The lowest BCUT2D eigenvalue weighted by Crippen LogP contribution is -2.01. The molecule has 0 spiro atoms. The van der Waals surface area contributed by atoms with Crippen LogP contribution < -0.4 is 0 Å². The summed E-state index contributed by atoms with van der Waals surface area (Å²) in [5.41, 5.74) is 1.20. The number of aromatic nitrogens is 1. The van der Waals surface area contributed by atoms with Crippen molar-refractivity contribution in [2.24, 2.45) is 0 Å². The molecule has 0 bridgehead atoms. The third-order valence-corrected chi connectivity index (χ3v) is 2.40. The van der Waals surface area contributed by atoms with Crippen molar-refractivity contribution in [1.82, 2.24) is 4.98 Å². The number of nitrogens with zero attached hydrogens (tertiary/aromatic N) is 1. The van der Waals surface area contributed by atoms with Crippen molar-refractivity contribution in [2.45, 2.75) is 25.9 Å². The molecule has 1 heterocycles. The number of halogens is 1. The van der Waals surface area contributed by atoms with Crippen LogP contribution in [0.5, 0.6) is 0 Å². The van der Waals surface area contributed by atoms with Crippen LogP contribution in [-0.4, -0.2) is 16.2 Å². The second-order valence-corrected chi connectivity index (χ2v) is 3.71. The van der Waals surface area contributed by atoms with Crippen molar-refractivity contribution in [2.75, 3.05) is 0 Å². The summed E-state index contributed by atoms with van der Waals surface area (Å²) in [6.07, 6.45) is 4.99. The molecule has 0 saturated heterocycles. The molecule has 66 valence electrons. The minimum absolute atomic E-state index is 0.231. The topological polar surface area (TPSA) is 33.1 Å². The largest absolute Gasteiger partial charge is 0.393 e. The zero-order chi connectivity index (χ0) is 8.97. The Balaban J connectivity index is 2.57. The van der Waals surface area contributed by atoms with Crippen molar-refractivity contribution in [1.29, 1.82) is 0 Å². The Labute approximate surface area is 80.8 Å². The lowest BCUT2D eigenvalue weighted by molar-refractivity contribution is 0.185. The van der Waals surface area contributed by atoms with E-state index in [2.05, 4.69) is 20.9 Å². The van der Waals surface area contributed by atoms with E-state index in [1.807, 2.05) is 6.07 Å². The number of pyridine rings is 1. The molecule has 0 aliphatic carbocycles. The Bertz CT molecular complexity index is 250. The number of rotatable bonds is 3. The van der Waals surface area contributed by atoms with Gasteiger partial charge in [-0.3, -0.25) is 4.98 Å². The molecule has 0 radical (unpaired) electrons. The highest BCUT2D eigenvalue weighted by Crippen LogP contribution is 2.16.